The standard InChI is InChI=1S/C11H21N3O6/c12-9(5-6-10(15)16)11(17)13-7-3-1-2-4-8-20-14(18)19/h9H,1-8,12H2,(H,13,17)(H,15,16). The second kappa shape index (κ2) is 11.0. The number of nitrogens with two attached hydrogens (primary N) is 1. The molecule has 1 atom stereocenters. The van der Waals surface area contributed by atoms with Crippen LogP contribution >= 0.6 is 0 Å². The molecule has 0 saturated carbocycles. The Hall–Kier alpha value is -1.90. The van der Waals surface area contributed by atoms with Gasteiger partial charge in [0.15, 0.2) is 0 Å². The van der Waals surface area contributed by atoms with Crippen molar-refractivity contribution in [3.63, 3.8) is 0 Å². The van der Waals surface area contributed by atoms with Crippen LogP contribution in [-0.2, 0) is 14.4 Å². The molecule has 0 radical (unpaired) electrons. The van der Waals surface area contributed by atoms with Gasteiger partial charge in [0.2, 0.25) is 5.91 Å². The van der Waals surface area contributed by atoms with Crippen LogP contribution in [0.5, 0.6) is 0 Å². The monoisotopic (exact) mass is 291 g/mol. The molecule has 0 aliphatic carbocycles. The number of hydrogen-bond donors (Lipinski definition) is 3. The van der Waals surface area contributed by atoms with Crippen LogP contribution in [0, 0.1) is 10.1 Å². The van der Waals surface area contributed by atoms with E-state index in [2.05, 4.69) is 10.2 Å². The third kappa shape index (κ3) is 11.2. The lowest BCUT2D eigenvalue weighted by Gasteiger charge is -2.10. The Kier molecular flexibility index (Phi) is 9.93. The van der Waals surface area contributed by atoms with Crippen LogP contribution in [0.1, 0.15) is 38.5 Å². The van der Waals surface area contributed by atoms with E-state index in [4.69, 9.17) is 10.8 Å². The molecule has 0 spiro atoms. The summed E-state index contributed by atoms with van der Waals surface area (Å²) < 4.78 is 0. The van der Waals surface area contributed by atoms with Crippen LogP contribution in [-0.4, -0.2) is 41.3 Å². The summed E-state index contributed by atoms with van der Waals surface area (Å²) in [6, 6.07) is -0.806. The number of nitrogens with one attached hydrogen (secondary N) is 1. The molecule has 116 valence electrons. The smallest absolute Gasteiger partial charge is 0.303 e. The van der Waals surface area contributed by atoms with Gasteiger partial charge in [-0.05, 0) is 19.3 Å². The molecule has 20 heavy (non-hydrogen) atoms. The van der Waals surface area contributed by atoms with E-state index in [0.29, 0.717) is 13.0 Å². The number of carboxylic acids is 1. The van der Waals surface area contributed by atoms with Gasteiger partial charge in [-0.25, -0.2) is 0 Å². The molecule has 1 amide bonds. The fourth-order valence-corrected chi connectivity index (χ4v) is 1.47. The van der Waals surface area contributed by atoms with E-state index in [0.717, 1.165) is 19.3 Å². The molecule has 0 aromatic rings. The summed E-state index contributed by atoms with van der Waals surface area (Å²) >= 11 is 0. The number of nitrogens with zero attached hydrogens (tertiary/aromatic N) is 1. The average Bonchev–Trinajstić information content (AvgIpc) is 2.38. The summed E-state index contributed by atoms with van der Waals surface area (Å²) in [5.41, 5.74) is 5.52. The fourth-order valence-electron chi connectivity index (χ4n) is 1.47. The molecular weight excluding hydrogens is 270 g/mol. The molecule has 9 nitrogen and oxygen atoms in total. The summed E-state index contributed by atoms with van der Waals surface area (Å²) in [6.07, 6.45) is 2.88. The molecule has 4 N–H and O–H groups in total. The molecule has 0 aromatic heterocycles. The number of aliphatic carboxylic acids is 1. The number of carboxylic acid groups (broad SMARTS) is 1. The fraction of sp³-hybridized carbons (Fsp3) is 0.818. The van der Waals surface area contributed by atoms with Crippen molar-refractivity contribution in [2.24, 2.45) is 5.73 Å². The van der Waals surface area contributed by atoms with Crippen molar-refractivity contribution in [3.05, 3.63) is 10.1 Å². The third-order valence-corrected chi connectivity index (χ3v) is 2.57. The minimum absolute atomic E-state index is 0.0828. The Balaban J connectivity index is 3.43. The van der Waals surface area contributed by atoms with Crippen LogP contribution < -0.4 is 11.1 Å². The highest BCUT2D eigenvalue weighted by atomic mass is 16.9. The van der Waals surface area contributed by atoms with E-state index >= 15 is 0 Å². The van der Waals surface area contributed by atoms with Crippen molar-refractivity contribution >= 4 is 11.9 Å². The van der Waals surface area contributed by atoms with E-state index in [-0.39, 0.29) is 25.4 Å². The van der Waals surface area contributed by atoms with Crippen molar-refractivity contribution < 1.29 is 24.6 Å². The molecule has 0 saturated heterocycles. The highest BCUT2D eigenvalue weighted by Crippen LogP contribution is 2.00. The quantitative estimate of drug-likeness (QED) is 0.262. The van der Waals surface area contributed by atoms with Crippen molar-refractivity contribution in [3.8, 4) is 0 Å². The normalized spacial score (nSPS) is 11.7. The second-order valence-electron chi connectivity index (χ2n) is 4.30. The van der Waals surface area contributed by atoms with Gasteiger partial charge in [0.05, 0.1) is 12.6 Å². The van der Waals surface area contributed by atoms with Gasteiger partial charge in [0.1, 0.15) is 0 Å². The summed E-state index contributed by atoms with van der Waals surface area (Å²) in [5, 5.41) is 20.1. The van der Waals surface area contributed by atoms with Gasteiger partial charge in [0.25, 0.3) is 5.09 Å². The molecule has 0 aliphatic rings. The molecule has 0 rings (SSSR count). The SMILES string of the molecule is NC(CCC(=O)O)C(=O)NCCCCCCO[N+](=O)[O-]. The second-order valence-corrected chi connectivity index (χ2v) is 4.30. The largest absolute Gasteiger partial charge is 0.481 e. The number of hydrogen-bond acceptors (Lipinski definition) is 6. The molecule has 0 aliphatic heterocycles. The predicted molar refractivity (Wildman–Crippen MR) is 69.3 cm³/mol. The van der Waals surface area contributed by atoms with E-state index < -0.39 is 17.1 Å². The number of carbonyl (C=O) groups is 2. The van der Waals surface area contributed by atoms with Crippen LogP contribution in [0.15, 0.2) is 0 Å². The minimum atomic E-state index is -0.981. The zero-order valence-corrected chi connectivity index (χ0v) is 11.2. The third-order valence-electron chi connectivity index (χ3n) is 2.57. The summed E-state index contributed by atoms with van der Waals surface area (Å²) in [4.78, 5) is 35.8. The van der Waals surface area contributed by atoms with Crippen LogP contribution in [0.2, 0.25) is 0 Å². The average molecular weight is 291 g/mol. The van der Waals surface area contributed by atoms with Crippen molar-refractivity contribution in [1.29, 1.82) is 0 Å². The first-order valence-electron chi connectivity index (χ1n) is 6.46. The molecule has 0 heterocycles. The number of unbranched alkanes of at least 4 members (excludes halogenated alkanes) is 3. The first-order valence-corrected chi connectivity index (χ1v) is 6.46. The van der Waals surface area contributed by atoms with E-state index in [1.165, 1.54) is 0 Å². The summed E-state index contributed by atoms with van der Waals surface area (Å²) in [5.74, 6) is -1.34. The van der Waals surface area contributed by atoms with Crippen LogP contribution in [0.4, 0.5) is 0 Å². The maximum Gasteiger partial charge on any atom is 0.303 e. The van der Waals surface area contributed by atoms with Gasteiger partial charge in [-0.15, -0.1) is 10.1 Å². The van der Waals surface area contributed by atoms with Crippen molar-refractivity contribution in [2.75, 3.05) is 13.2 Å². The summed E-state index contributed by atoms with van der Waals surface area (Å²) in [6.45, 7) is 0.537. The Labute approximate surface area is 116 Å². The minimum Gasteiger partial charge on any atom is -0.481 e. The Morgan fingerprint density at radius 2 is 1.95 bits per heavy atom. The Morgan fingerprint density at radius 1 is 1.30 bits per heavy atom. The Morgan fingerprint density at radius 3 is 2.55 bits per heavy atom. The highest BCUT2D eigenvalue weighted by molar-refractivity contribution is 5.82. The molecule has 0 aromatic carbocycles. The lowest BCUT2D eigenvalue weighted by Crippen LogP contribution is -2.41. The van der Waals surface area contributed by atoms with Crippen molar-refractivity contribution in [1.82, 2.24) is 5.32 Å². The maximum absolute atomic E-state index is 11.4. The van der Waals surface area contributed by atoms with Gasteiger partial charge in [-0.2, -0.15) is 0 Å². The first-order chi connectivity index (χ1) is 9.43. The lowest BCUT2D eigenvalue weighted by molar-refractivity contribution is -0.757. The first kappa shape index (κ1) is 18.1. The van der Waals surface area contributed by atoms with Crippen LogP contribution in [0.3, 0.4) is 0 Å². The number of rotatable bonds is 12. The summed E-state index contributed by atoms with van der Waals surface area (Å²) in [7, 11) is 0. The van der Waals surface area contributed by atoms with Gasteiger partial charge < -0.3 is 21.0 Å². The zero-order chi connectivity index (χ0) is 15.4. The Bertz CT molecular complexity index is 323. The zero-order valence-electron chi connectivity index (χ0n) is 11.2. The molecule has 1 unspecified atom stereocenters. The van der Waals surface area contributed by atoms with Gasteiger partial charge in [-0.3, -0.25) is 9.59 Å². The van der Waals surface area contributed by atoms with Gasteiger partial charge in [-0.1, -0.05) is 12.8 Å². The lowest BCUT2D eigenvalue weighted by atomic mass is 10.1. The van der Waals surface area contributed by atoms with E-state index in [1.807, 2.05) is 0 Å². The van der Waals surface area contributed by atoms with E-state index in [9.17, 15) is 19.7 Å². The van der Waals surface area contributed by atoms with Gasteiger partial charge >= 0.3 is 5.97 Å². The molecule has 9 heteroatoms. The topological polar surface area (TPSA) is 145 Å². The maximum atomic E-state index is 11.4. The number of carbonyl (C=O) groups excluding carboxylic acids is 1. The van der Waals surface area contributed by atoms with Crippen molar-refractivity contribution in [2.45, 2.75) is 44.6 Å². The van der Waals surface area contributed by atoms with Gasteiger partial charge in [0, 0.05) is 13.0 Å². The highest BCUT2D eigenvalue weighted by Gasteiger charge is 2.13. The predicted octanol–water partition coefficient (Wildman–Crippen LogP) is 0.0634. The molecule has 0 bridgehead atoms. The van der Waals surface area contributed by atoms with Crippen LogP contribution in [0.25, 0.3) is 0 Å². The number of amides is 1. The molecular formula is C11H21N3O6. The molecule has 0 fully saturated rings. The van der Waals surface area contributed by atoms with E-state index in [1.54, 1.807) is 0 Å².